The topological polar surface area (TPSA) is 116 Å². The second-order valence-electron chi connectivity index (χ2n) is 8.96. The number of nitrogens with one attached hydrogen (secondary N) is 2. The standard InChI is InChI=1S/2C15H14N2O2/c1-9-3-5-11-12(7-9)17-15(16-11)10-4-6-13(18)14(8-10)19-2;1-9-6-7-11-12(8-9)17-15(16-11)10-4-3-5-13(18)14(10)19-2/h2*3-8,18H,1-2H3,(H,16,17). The van der Waals surface area contributed by atoms with Gasteiger partial charge in [-0.25, -0.2) is 9.97 Å². The first-order chi connectivity index (χ1) is 18.4. The molecule has 8 heteroatoms. The van der Waals surface area contributed by atoms with E-state index in [1.807, 2.05) is 56.3 Å². The molecule has 0 saturated heterocycles. The number of nitrogens with zero attached hydrogens (tertiary/aromatic N) is 2. The van der Waals surface area contributed by atoms with Crippen LogP contribution >= 0.6 is 0 Å². The molecule has 6 aromatic rings. The van der Waals surface area contributed by atoms with Crippen molar-refractivity contribution >= 4 is 22.1 Å². The Kier molecular flexibility index (Phi) is 6.62. The molecule has 0 fully saturated rings. The molecule has 0 unspecified atom stereocenters. The van der Waals surface area contributed by atoms with Gasteiger partial charge in [0.2, 0.25) is 0 Å². The van der Waals surface area contributed by atoms with E-state index in [1.54, 1.807) is 24.3 Å². The molecule has 0 atom stereocenters. The number of benzene rings is 4. The number of aromatic nitrogens is 4. The van der Waals surface area contributed by atoms with Gasteiger partial charge >= 0.3 is 0 Å². The van der Waals surface area contributed by atoms with E-state index in [4.69, 9.17) is 9.47 Å². The average molecular weight is 509 g/mol. The van der Waals surface area contributed by atoms with Crippen LogP contribution in [0.4, 0.5) is 0 Å². The van der Waals surface area contributed by atoms with Crippen LogP contribution in [-0.2, 0) is 0 Å². The molecule has 0 aliphatic heterocycles. The van der Waals surface area contributed by atoms with Crippen LogP contribution < -0.4 is 9.47 Å². The molecule has 0 amide bonds. The summed E-state index contributed by atoms with van der Waals surface area (Å²) in [6.45, 7) is 4.08. The summed E-state index contributed by atoms with van der Waals surface area (Å²) in [7, 11) is 3.06. The number of methoxy groups -OCH3 is 2. The Morgan fingerprint density at radius 1 is 0.658 bits per heavy atom. The normalized spacial score (nSPS) is 10.8. The lowest BCUT2D eigenvalue weighted by Crippen LogP contribution is -1.89. The minimum atomic E-state index is 0.108. The minimum Gasteiger partial charge on any atom is -0.504 e. The van der Waals surface area contributed by atoms with Crippen LogP contribution in [0.15, 0.2) is 72.8 Å². The van der Waals surface area contributed by atoms with Crippen molar-refractivity contribution in [2.45, 2.75) is 13.8 Å². The fourth-order valence-corrected chi connectivity index (χ4v) is 4.26. The Labute approximate surface area is 219 Å². The number of H-pyrrole nitrogens is 2. The molecule has 0 aliphatic rings. The first kappa shape index (κ1) is 24.7. The number of para-hydroxylation sites is 1. The number of fused-ring (bicyclic) bond motifs is 2. The fourth-order valence-electron chi connectivity index (χ4n) is 4.26. The molecule has 2 heterocycles. The maximum Gasteiger partial charge on any atom is 0.171 e. The van der Waals surface area contributed by atoms with Gasteiger partial charge < -0.3 is 29.7 Å². The number of imidazole rings is 2. The smallest absolute Gasteiger partial charge is 0.171 e. The van der Waals surface area contributed by atoms with Crippen molar-refractivity contribution in [3.05, 3.63) is 83.9 Å². The average Bonchev–Trinajstić information content (AvgIpc) is 3.52. The zero-order valence-electron chi connectivity index (χ0n) is 21.5. The summed E-state index contributed by atoms with van der Waals surface area (Å²) in [5.74, 6) is 2.55. The van der Waals surface area contributed by atoms with Gasteiger partial charge in [0.25, 0.3) is 0 Å². The molecule has 0 bridgehead atoms. The molecule has 8 nitrogen and oxygen atoms in total. The number of aromatic hydroxyl groups is 2. The van der Waals surface area contributed by atoms with E-state index < -0.39 is 0 Å². The molecule has 192 valence electrons. The summed E-state index contributed by atoms with van der Waals surface area (Å²) in [4.78, 5) is 15.6. The Morgan fingerprint density at radius 2 is 1.29 bits per heavy atom. The highest BCUT2D eigenvalue weighted by Gasteiger charge is 2.14. The number of aromatic amines is 2. The van der Waals surface area contributed by atoms with E-state index in [2.05, 4.69) is 26.0 Å². The molecule has 0 radical (unpaired) electrons. The number of phenols is 2. The number of ether oxygens (including phenoxy) is 2. The second-order valence-corrected chi connectivity index (χ2v) is 8.96. The highest BCUT2D eigenvalue weighted by Crippen LogP contribution is 2.36. The van der Waals surface area contributed by atoms with Crippen molar-refractivity contribution in [3.63, 3.8) is 0 Å². The third-order valence-corrected chi connectivity index (χ3v) is 6.18. The van der Waals surface area contributed by atoms with Crippen LogP contribution in [0.2, 0.25) is 0 Å². The molecule has 0 aliphatic carbocycles. The van der Waals surface area contributed by atoms with Gasteiger partial charge in [-0.2, -0.15) is 0 Å². The lowest BCUT2D eigenvalue weighted by atomic mass is 10.2. The molecule has 2 aromatic heterocycles. The van der Waals surface area contributed by atoms with Crippen LogP contribution in [0.3, 0.4) is 0 Å². The van der Waals surface area contributed by atoms with Crippen molar-refractivity contribution in [2.75, 3.05) is 14.2 Å². The largest absolute Gasteiger partial charge is 0.504 e. The fraction of sp³-hybridized carbons (Fsp3) is 0.133. The summed E-state index contributed by atoms with van der Waals surface area (Å²) in [5, 5.41) is 19.4. The molecule has 6 rings (SSSR count). The number of hydrogen-bond acceptors (Lipinski definition) is 6. The third-order valence-electron chi connectivity index (χ3n) is 6.18. The van der Waals surface area contributed by atoms with Crippen LogP contribution in [0.25, 0.3) is 44.8 Å². The molecule has 0 spiro atoms. The summed E-state index contributed by atoms with van der Waals surface area (Å²) < 4.78 is 10.3. The quantitative estimate of drug-likeness (QED) is 0.216. The predicted molar refractivity (Wildman–Crippen MR) is 149 cm³/mol. The minimum absolute atomic E-state index is 0.108. The Balaban J connectivity index is 0.000000155. The van der Waals surface area contributed by atoms with Crippen LogP contribution in [0, 0.1) is 13.8 Å². The first-order valence-corrected chi connectivity index (χ1v) is 12.0. The van der Waals surface area contributed by atoms with Crippen LogP contribution in [-0.4, -0.2) is 44.4 Å². The Hall–Kier alpha value is -4.98. The Morgan fingerprint density at radius 3 is 1.92 bits per heavy atom. The van der Waals surface area contributed by atoms with Crippen molar-refractivity contribution < 1.29 is 19.7 Å². The van der Waals surface area contributed by atoms with Gasteiger partial charge in [0.05, 0.1) is 41.8 Å². The SMILES string of the molecule is COc1c(O)cccc1-c1nc2ccc(C)cc2[nH]1.COc1cc(-c2nc3ccc(C)cc3[nH]2)ccc1O. The third kappa shape index (κ3) is 4.84. The van der Waals surface area contributed by atoms with Gasteiger partial charge in [-0.1, -0.05) is 18.2 Å². The van der Waals surface area contributed by atoms with E-state index in [0.29, 0.717) is 17.3 Å². The molecule has 38 heavy (non-hydrogen) atoms. The zero-order valence-corrected chi connectivity index (χ0v) is 21.5. The van der Waals surface area contributed by atoms with Gasteiger partial charge in [-0.15, -0.1) is 0 Å². The van der Waals surface area contributed by atoms with E-state index in [1.165, 1.54) is 25.3 Å². The monoisotopic (exact) mass is 508 g/mol. The number of aryl methyl sites for hydroxylation is 2. The van der Waals surface area contributed by atoms with E-state index >= 15 is 0 Å². The van der Waals surface area contributed by atoms with Crippen molar-refractivity contribution in [1.29, 1.82) is 0 Å². The van der Waals surface area contributed by atoms with Crippen molar-refractivity contribution in [1.82, 2.24) is 19.9 Å². The van der Waals surface area contributed by atoms with Crippen LogP contribution in [0.5, 0.6) is 23.0 Å². The predicted octanol–water partition coefficient (Wildman–Crippen LogP) is 6.51. The van der Waals surface area contributed by atoms with Gasteiger partial charge in [0.1, 0.15) is 11.6 Å². The number of hydrogen-bond donors (Lipinski definition) is 4. The molecule has 4 N–H and O–H groups in total. The number of rotatable bonds is 4. The summed E-state index contributed by atoms with van der Waals surface area (Å²) in [6.07, 6.45) is 0. The summed E-state index contributed by atoms with van der Waals surface area (Å²) >= 11 is 0. The first-order valence-electron chi connectivity index (χ1n) is 12.0. The summed E-state index contributed by atoms with van der Waals surface area (Å²) in [5.41, 5.74) is 7.78. The van der Waals surface area contributed by atoms with Crippen LogP contribution in [0.1, 0.15) is 11.1 Å². The van der Waals surface area contributed by atoms with Gasteiger partial charge in [-0.3, -0.25) is 0 Å². The van der Waals surface area contributed by atoms with E-state index in [-0.39, 0.29) is 11.5 Å². The number of phenolic OH excluding ortho intramolecular Hbond substituents is 2. The van der Waals surface area contributed by atoms with Gasteiger partial charge in [0.15, 0.2) is 23.0 Å². The highest BCUT2D eigenvalue weighted by molar-refractivity contribution is 5.82. The Bertz CT molecular complexity index is 1750. The van der Waals surface area contributed by atoms with E-state index in [9.17, 15) is 10.2 Å². The van der Waals surface area contributed by atoms with Gasteiger partial charge in [-0.05, 0) is 79.6 Å². The molecular weight excluding hydrogens is 480 g/mol. The maximum absolute atomic E-state index is 9.80. The second kappa shape index (κ2) is 10.2. The maximum atomic E-state index is 9.80. The molecule has 0 saturated carbocycles. The molecule has 4 aromatic carbocycles. The lowest BCUT2D eigenvalue weighted by molar-refractivity contribution is 0.373. The van der Waals surface area contributed by atoms with Crippen molar-refractivity contribution in [3.8, 4) is 45.8 Å². The van der Waals surface area contributed by atoms with Crippen molar-refractivity contribution in [2.24, 2.45) is 0 Å². The highest BCUT2D eigenvalue weighted by atomic mass is 16.5. The zero-order chi connectivity index (χ0) is 26.8. The van der Waals surface area contributed by atoms with Gasteiger partial charge in [0, 0.05) is 5.56 Å². The van der Waals surface area contributed by atoms with E-state index in [0.717, 1.165) is 39.0 Å². The lowest BCUT2D eigenvalue weighted by Gasteiger charge is -2.07. The molecular formula is C30H28N4O4. The summed E-state index contributed by atoms with van der Waals surface area (Å²) in [6, 6.07) is 22.5.